The number of hydrogen-bond donors (Lipinski definition) is 2. The molecule has 5 heteroatoms. The third-order valence-electron chi connectivity index (χ3n) is 2.18. The van der Waals surface area contributed by atoms with Gasteiger partial charge in [-0.1, -0.05) is 29.3 Å². The van der Waals surface area contributed by atoms with E-state index >= 15 is 0 Å². The maximum Gasteiger partial charge on any atom is 0.127 e. The van der Waals surface area contributed by atoms with Crippen LogP contribution in [0, 0.1) is 6.92 Å². The van der Waals surface area contributed by atoms with Gasteiger partial charge in [-0.25, -0.2) is 0 Å². The highest BCUT2D eigenvalue weighted by molar-refractivity contribution is 6.36. The van der Waals surface area contributed by atoms with Crippen LogP contribution in [0.4, 0.5) is 5.82 Å². The smallest absolute Gasteiger partial charge is 0.127 e. The van der Waals surface area contributed by atoms with Crippen molar-refractivity contribution in [2.24, 2.45) is 0 Å². The van der Waals surface area contributed by atoms with Crippen molar-refractivity contribution in [2.45, 2.75) is 6.92 Å². The Morgan fingerprint density at radius 1 is 1.33 bits per heavy atom. The van der Waals surface area contributed by atoms with Crippen molar-refractivity contribution in [3.05, 3.63) is 33.9 Å². The van der Waals surface area contributed by atoms with Gasteiger partial charge in [-0.15, -0.1) is 0 Å². The van der Waals surface area contributed by atoms with Gasteiger partial charge in [-0.05, 0) is 19.1 Å². The summed E-state index contributed by atoms with van der Waals surface area (Å²) in [6.07, 6.45) is 0. The van der Waals surface area contributed by atoms with E-state index in [0.717, 1.165) is 16.8 Å². The van der Waals surface area contributed by atoms with Gasteiger partial charge in [0, 0.05) is 16.1 Å². The molecular weight excluding hydrogens is 233 g/mol. The van der Waals surface area contributed by atoms with Crippen LogP contribution in [0.3, 0.4) is 0 Å². The van der Waals surface area contributed by atoms with Gasteiger partial charge in [0.25, 0.3) is 0 Å². The fourth-order valence-corrected chi connectivity index (χ4v) is 1.99. The molecule has 1 aromatic carbocycles. The molecule has 0 unspecified atom stereocenters. The van der Waals surface area contributed by atoms with Crippen molar-refractivity contribution in [1.82, 2.24) is 10.2 Å². The normalized spacial score (nSPS) is 10.6. The molecule has 0 radical (unpaired) electrons. The van der Waals surface area contributed by atoms with Crippen molar-refractivity contribution in [3.63, 3.8) is 0 Å². The number of halogens is 2. The fraction of sp³-hybridized carbons (Fsp3) is 0.100. The molecular formula is C10H9Cl2N3. The topological polar surface area (TPSA) is 54.7 Å². The highest BCUT2D eigenvalue weighted by atomic mass is 35.5. The number of aromatic nitrogens is 2. The number of nitrogens with two attached hydrogens (primary N) is 1. The summed E-state index contributed by atoms with van der Waals surface area (Å²) in [6.45, 7) is 1.87. The molecule has 0 saturated heterocycles. The van der Waals surface area contributed by atoms with Gasteiger partial charge < -0.3 is 5.73 Å². The first-order valence-electron chi connectivity index (χ1n) is 4.35. The van der Waals surface area contributed by atoms with E-state index in [4.69, 9.17) is 28.9 Å². The number of aryl methyl sites for hydroxylation is 1. The van der Waals surface area contributed by atoms with E-state index in [1.165, 1.54) is 0 Å². The molecule has 0 atom stereocenters. The summed E-state index contributed by atoms with van der Waals surface area (Å²) < 4.78 is 0. The van der Waals surface area contributed by atoms with Crippen LogP contribution in [-0.4, -0.2) is 10.2 Å². The molecule has 2 rings (SSSR count). The molecule has 3 N–H and O–H groups in total. The van der Waals surface area contributed by atoms with Gasteiger partial charge in [0.2, 0.25) is 0 Å². The van der Waals surface area contributed by atoms with E-state index in [1.54, 1.807) is 12.1 Å². The minimum Gasteiger partial charge on any atom is -0.384 e. The zero-order valence-electron chi connectivity index (χ0n) is 8.01. The SMILES string of the molecule is Cc1n[nH]c(N)c1-c1ccc(Cl)cc1Cl. The Morgan fingerprint density at radius 3 is 2.60 bits per heavy atom. The Morgan fingerprint density at radius 2 is 2.07 bits per heavy atom. The average Bonchev–Trinajstić information content (AvgIpc) is 2.48. The predicted molar refractivity (Wildman–Crippen MR) is 63.2 cm³/mol. The van der Waals surface area contributed by atoms with Crippen molar-refractivity contribution in [1.29, 1.82) is 0 Å². The zero-order chi connectivity index (χ0) is 11.0. The lowest BCUT2D eigenvalue weighted by Crippen LogP contribution is -1.89. The van der Waals surface area contributed by atoms with Crippen molar-refractivity contribution in [3.8, 4) is 11.1 Å². The van der Waals surface area contributed by atoms with E-state index < -0.39 is 0 Å². The first-order chi connectivity index (χ1) is 7.09. The van der Waals surface area contributed by atoms with E-state index in [1.807, 2.05) is 13.0 Å². The average molecular weight is 242 g/mol. The lowest BCUT2D eigenvalue weighted by molar-refractivity contribution is 1.05. The molecule has 0 bridgehead atoms. The van der Waals surface area contributed by atoms with Crippen LogP contribution in [-0.2, 0) is 0 Å². The van der Waals surface area contributed by atoms with Crippen molar-refractivity contribution >= 4 is 29.0 Å². The Balaban J connectivity index is 2.64. The van der Waals surface area contributed by atoms with E-state index in [-0.39, 0.29) is 0 Å². The summed E-state index contributed by atoms with van der Waals surface area (Å²) in [4.78, 5) is 0. The molecule has 0 amide bonds. The molecule has 1 heterocycles. The monoisotopic (exact) mass is 241 g/mol. The number of nitrogens with zero attached hydrogens (tertiary/aromatic N) is 1. The Hall–Kier alpha value is -1.19. The number of benzene rings is 1. The molecule has 0 fully saturated rings. The Labute approximate surface area is 97.2 Å². The number of anilines is 1. The summed E-state index contributed by atoms with van der Waals surface area (Å²) in [6, 6.07) is 5.29. The van der Waals surface area contributed by atoms with Gasteiger partial charge in [0.15, 0.2) is 0 Å². The van der Waals surface area contributed by atoms with Crippen LogP contribution in [0.1, 0.15) is 5.69 Å². The lowest BCUT2D eigenvalue weighted by Gasteiger charge is -2.04. The number of nitrogens with one attached hydrogen (secondary N) is 1. The Kier molecular flexibility index (Phi) is 2.59. The standard InChI is InChI=1S/C10H9Cl2N3/c1-5-9(10(13)15-14-5)7-3-2-6(11)4-8(7)12/h2-4H,1H3,(H3,13,14,15). The summed E-state index contributed by atoms with van der Waals surface area (Å²) in [7, 11) is 0. The van der Waals surface area contributed by atoms with Crippen LogP contribution < -0.4 is 5.73 Å². The molecule has 78 valence electrons. The predicted octanol–water partition coefficient (Wildman–Crippen LogP) is 3.27. The summed E-state index contributed by atoms with van der Waals surface area (Å²) >= 11 is 11.9. The number of hydrogen-bond acceptors (Lipinski definition) is 2. The summed E-state index contributed by atoms with van der Waals surface area (Å²) in [5.74, 6) is 0.511. The minimum atomic E-state index is 0.511. The van der Waals surface area contributed by atoms with Gasteiger partial charge in [-0.3, -0.25) is 5.10 Å². The van der Waals surface area contributed by atoms with Crippen LogP contribution in [0.15, 0.2) is 18.2 Å². The molecule has 3 nitrogen and oxygen atoms in total. The van der Waals surface area contributed by atoms with Crippen molar-refractivity contribution < 1.29 is 0 Å². The molecule has 1 aromatic heterocycles. The van der Waals surface area contributed by atoms with E-state index in [0.29, 0.717) is 15.9 Å². The highest BCUT2D eigenvalue weighted by Crippen LogP contribution is 2.34. The van der Waals surface area contributed by atoms with Crippen LogP contribution in [0.5, 0.6) is 0 Å². The molecule has 0 aliphatic rings. The van der Waals surface area contributed by atoms with Crippen LogP contribution >= 0.6 is 23.2 Å². The highest BCUT2D eigenvalue weighted by Gasteiger charge is 2.12. The second-order valence-electron chi connectivity index (χ2n) is 3.22. The number of H-pyrrole nitrogens is 1. The maximum absolute atomic E-state index is 6.08. The molecule has 0 aliphatic carbocycles. The minimum absolute atomic E-state index is 0.511. The zero-order valence-corrected chi connectivity index (χ0v) is 9.52. The van der Waals surface area contributed by atoms with Crippen LogP contribution in [0.2, 0.25) is 10.0 Å². The molecule has 0 aliphatic heterocycles. The second-order valence-corrected chi connectivity index (χ2v) is 4.07. The van der Waals surface area contributed by atoms with Gasteiger partial charge in [-0.2, -0.15) is 5.10 Å². The van der Waals surface area contributed by atoms with Gasteiger partial charge >= 0.3 is 0 Å². The first kappa shape index (κ1) is 10.3. The molecule has 15 heavy (non-hydrogen) atoms. The van der Waals surface area contributed by atoms with Crippen molar-refractivity contribution in [2.75, 3.05) is 5.73 Å². The molecule has 0 saturated carbocycles. The largest absolute Gasteiger partial charge is 0.384 e. The number of rotatable bonds is 1. The third kappa shape index (κ3) is 1.80. The van der Waals surface area contributed by atoms with Crippen LogP contribution in [0.25, 0.3) is 11.1 Å². The summed E-state index contributed by atoms with van der Waals surface area (Å²) in [5.41, 5.74) is 8.26. The Bertz CT molecular complexity index is 486. The maximum atomic E-state index is 6.08. The second kappa shape index (κ2) is 3.76. The third-order valence-corrected chi connectivity index (χ3v) is 2.72. The number of nitrogen functional groups attached to an aromatic ring is 1. The molecule has 0 spiro atoms. The summed E-state index contributed by atoms with van der Waals surface area (Å²) in [5, 5.41) is 7.90. The molecule has 2 aromatic rings. The number of aromatic amines is 1. The first-order valence-corrected chi connectivity index (χ1v) is 5.11. The van der Waals surface area contributed by atoms with Gasteiger partial charge in [0.1, 0.15) is 5.82 Å². The quantitative estimate of drug-likeness (QED) is 0.806. The fourth-order valence-electron chi connectivity index (χ4n) is 1.48. The lowest BCUT2D eigenvalue weighted by atomic mass is 10.1. The van der Waals surface area contributed by atoms with E-state index in [9.17, 15) is 0 Å². The van der Waals surface area contributed by atoms with Gasteiger partial charge in [0.05, 0.1) is 10.7 Å². The van der Waals surface area contributed by atoms with E-state index in [2.05, 4.69) is 10.2 Å².